The van der Waals surface area contributed by atoms with Crippen LogP contribution in [0, 0.1) is 0 Å². The molecule has 0 saturated heterocycles. The third-order valence-corrected chi connectivity index (χ3v) is 5.46. The molecule has 0 fully saturated rings. The van der Waals surface area contributed by atoms with E-state index in [1.54, 1.807) is 0 Å². The lowest BCUT2D eigenvalue weighted by atomic mass is 10.1. The van der Waals surface area contributed by atoms with Crippen LogP contribution in [0.2, 0.25) is 0 Å². The Kier molecular flexibility index (Phi) is 5.98. The Bertz CT molecular complexity index is 1020. The van der Waals surface area contributed by atoms with Crippen LogP contribution in [0.1, 0.15) is 36.7 Å². The number of hydrogen-bond donors (Lipinski definition) is 1. The van der Waals surface area contributed by atoms with Gasteiger partial charge >= 0.3 is 0 Å². The first kappa shape index (κ1) is 20.0. The predicted molar refractivity (Wildman–Crippen MR) is 117 cm³/mol. The minimum absolute atomic E-state index is 0.00626. The van der Waals surface area contributed by atoms with Crippen LogP contribution < -0.4 is 5.32 Å². The van der Waals surface area contributed by atoms with Crippen LogP contribution in [-0.2, 0) is 29.0 Å². The quantitative estimate of drug-likeness (QED) is 0.643. The maximum absolute atomic E-state index is 12.7. The highest BCUT2D eigenvalue weighted by Gasteiger charge is 2.24. The molecule has 0 atom stereocenters. The first-order valence-corrected chi connectivity index (χ1v) is 10.5. The van der Waals surface area contributed by atoms with Crippen LogP contribution in [0.3, 0.4) is 0 Å². The van der Waals surface area contributed by atoms with E-state index in [-0.39, 0.29) is 11.8 Å². The van der Waals surface area contributed by atoms with Gasteiger partial charge in [-0.15, -0.1) is 0 Å². The molecule has 1 aromatic heterocycles. The number of nitrogens with one attached hydrogen (secondary N) is 1. The number of amides is 2. The molecule has 0 saturated carbocycles. The normalized spacial score (nSPS) is 13.0. The average molecular weight is 402 g/mol. The molecule has 1 aliphatic heterocycles. The van der Waals surface area contributed by atoms with E-state index < -0.39 is 0 Å². The van der Waals surface area contributed by atoms with Crippen LogP contribution in [0.25, 0.3) is 11.3 Å². The Hall–Kier alpha value is -3.34. The van der Waals surface area contributed by atoms with E-state index in [9.17, 15) is 9.59 Å². The van der Waals surface area contributed by atoms with Crippen LogP contribution in [-0.4, -0.2) is 23.3 Å². The van der Waals surface area contributed by atoms with Gasteiger partial charge in [0.15, 0.2) is 0 Å². The Morgan fingerprint density at radius 1 is 1.07 bits per heavy atom. The highest BCUT2D eigenvalue weighted by Crippen LogP contribution is 2.30. The highest BCUT2D eigenvalue weighted by molar-refractivity contribution is 5.90. The molecule has 154 valence electrons. The number of hydrogen-bond acceptors (Lipinski definition) is 3. The van der Waals surface area contributed by atoms with Gasteiger partial charge in [0, 0.05) is 49.2 Å². The third kappa shape index (κ3) is 4.62. The van der Waals surface area contributed by atoms with Gasteiger partial charge in [0.05, 0.1) is 0 Å². The number of nitrogens with zero attached hydrogens (tertiary/aromatic N) is 1. The van der Waals surface area contributed by atoms with Gasteiger partial charge in [-0.2, -0.15) is 0 Å². The molecular weight excluding hydrogens is 376 g/mol. The van der Waals surface area contributed by atoms with Gasteiger partial charge in [-0.3, -0.25) is 9.59 Å². The fourth-order valence-electron chi connectivity index (χ4n) is 3.71. The SMILES string of the molecule is CCC(=O)Nc1ccc(-c2cc3c(o2)CCN(C(=O)CCc2ccccc2)C3)cc1. The molecule has 30 heavy (non-hydrogen) atoms. The molecule has 3 aromatic rings. The van der Waals surface area contributed by atoms with Crippen LogP contribution in [0.4, 0.5) is 5.69 Å². The molecule has 2 aromatic carbocycles. The molecule has 2 heterocycles. The Balaban J connectivity index is 1.39. The minimum atomic E-state index is -0.00626. The predicted octanol–water partition coefficient (Wildman–Crippen LogP) is 4.81. The number of aryl methyl sites for hydroxylation is 1. The summed E-state index contributed by atoms with van der Waals surface area (Å²) in [6, 6.07) is 19.8. The van der Waals surface area contributed by atoms with Crippen molar-refractivity contribution in [2.75, 3.05) is 11.9 Å². The zero-order chi connectivity index (χ0) is 20.9. The zero-order valence-corrected chi connectivity index (χ0v) is 17.2. The maximum atomic E-state index is 12.7. The summed E-state index contributed by atoms with van der Waals surface area (Å²) in [5.74, 6) is 1.93. The van der Waals surface area contributed by atoms with Gasteiger partial charge in [0.1, 0.15) is 11.5 Å². The van der Waals surface area contributed by atoms with Crippen molar-refractivity contribution in [3.05, 3.63) is 77.6 Å². The fraction of sp³-hybridized carbons (Fsp3) is 0.280. The monoisotopic (exact) mass is 402 g/mol. The molecule has 0 unspecified atom stereocenters. The molecule has 1 aliphatic rings. The van der Waals surface area contributed by atoms with E-state index >= 15 is 0 Å². The van der Waals surface area contributed by atoms with Crippen molar-refractivity contribution in [1.82, 2.24) is 4.90 Å². The largest absolute Gasteiger partial charge is 0.461 e. The zero-order valence-electron chi connectivity index (χ0n) is 17.2. The smallest absolute Gasteiger partial charge is 0.224 e. The lowest BCUT2D eigenvalue weighted by molar-refractivity contribution is -0.132. The summed E-state index contributed by atoms with van der Waals surface area (Å²) in [6.45, 7) is 3.11. The summed E-state index contributed by atoms with van der Waals surface area (Å²) in [6.07, 6.45) is 2.47. The van der Waals surface area contributed by atoms with Crippen LogP contribution in [0.5, 0.6) is 0 Å². The van der Waals surface area contributed by atoms with Crippen LogP contribution in [0.15, 0.2) is 65.1 Å². The lowest BCUT2D eigenvalue weighted by Gasteiger charge is -2.26. The summed E-state index contributed by atoms with van der Waals surface area (Å²) in [5, 5.41) is 2.85. The summed E-state index contributed by atoms with van der Waals surface area (Å²) in [7, 11) is 0. The van der Waals surface area contributed by atoms with E-state index in [1.807, 2.05) is 60.4 Å². The molecular formula is C25H26N2O3. The second kappa shape index (κ2) is 8.99. The lowest BCUT2D eigenvalue weighted by Crippen LogP contribution is -2.35. The molecule has 0 aliphatic carbocycles. The average Bonchev–Trinajstić information content (AvgIpc) is 3.22. The van der Waals surface area contributed by atoms with Crippen molar-refractivity contribution in [2.45, 2.75) is 39.2 Å². The number of fused-ring (bicyclic) bond motifs is 1. The number of rotatable bonds is 6. The molecule has 2 amide bonds. The topological polar surface area (TPSA) is 62.6 Å². The van der Waals surface area contributed by atoms with Crippen molar-refractivity contribution >= 4 is 17.5 Å². The molecule has 1 N–H and O–H groups in total. The fourth-order valence-corrected chi connectivity index (χ4v) is 3.71. The summed E-state index contributed by atoms with van der Waals surface area (Å²) < 4.78 is 6.07. The first-order valence-electron chi connectivity index (χ1n) is 10.5. The number of carbonyl (C=O) groups is 2. The van der Waals surface area contributed by atoms with Crippen molar-refractivity contribution in [3.8, 4) is 11.3 Å². The van der Waals surface area contributed by atoms with Gasteiger partial charge in [0.25, 0.3) is 0 Å². The van der Waals surface area contributed by atoms with Crippen molar-refractivity contribution in [1.29, 1.82) is 0 Å². The number of furan rings is 1. The van der Waals surface area contributed by atoms with E-state index in [0.29, 0.717) is 25.9 Å². The summed E-state index contributed by atoms with van der Waals surface area (Å²) >= 11 is 0. The maximum Gasteiger partial charge on any atom is 0.224 e. The molecule has 0 radical (unpaired) electrons. The number of carbonyl (C=O) groups excluding carboxylic acids is 2. The second-order valence-electron chi connectivity index (χ2n) is 7.59. The Morgan fingerprint density at radius 3 is 2.57 bits per heavy atom. The molecule has 5 nitrogen and oxygen atoms in total. The van der Waals surface area contributed by atoms with Gasteiger partial charge in [0.2, 0.25) is 11.8 Å². The van der Waals surface area contributed by atoms with Gasteiger partial charge in [-0.1, -0.05) is 37.3 Å². The molecule has 0 bridgehead atoms. The highest BCUT2D eigenvalue weighted by atomic mass is 16.3. The van der Waals surface area contributed by atoms with Gasteiger partial charge in [-0.25, -0.2) is 0 Å². The summed E-state index contributed by atoms with van der Waals surface area (Å²) in [5.41, 5.74) is 4.00. The summed E-state index contributed by atoms with van der Waals surface area (Å²) in [4.78, 5) is 26.1. The molecule has 4 rings (SSSR count). The van der Waals surface area contributed by atoms with Crippen molar-refractivity contribution in [2.24, 2.45) is 0 Å². The third-order valence-electron chi connectivity index (χ3n) is 5.46. The van der Waals surface area contributed by atoms with Crippen molar-refractivity contribution in [3.63, 3.8) is 0 Å². The molecule has 5 heteroatoms. The first-order chi connectivity index (χ1) is 14.6. The van der Waals surface area contributed by atoms with Gasteiger partial charge in [-0.05, 0) is 42.3 Å². The Labute approximate surface area is 176 Å². The Morgan fingerprint density at radius 2 is 1.83 bits per heavy atom. The van der Waals surface area contributed by atoms with Crippen molar-refractivity contribution < 1.29 is 14.0 Å². The standard InChI is InChI=1S/C25H26N2O3/c1-2-24(28)26-21-11-9-19(10-12-21)23-16-20-17-27(15-14-22(20)30-23)25(29)13-8-18-6-4-3-5-7-18/h3-7,9-12,16H,2,8,13-15,17H2,1H3,(H,26,28). The number of benzene rings is 2. The van der Waals surface area contributed by atoms with E-state index in [2.05, 4.69) is 17.4 Å². The van der Waals surface area contributed by atoms with E-state index in [0.717, 1.165) is 41.2 Å². The number of anilines is 1. The van der Waals surface area contributed by atoms with E-state index in [1.165, 1.54) is 5.56 Å². The van der Waals surface area contributed by atoms with Gasteiger partial charge < -0.3 is 14.6 Å². The van der Waals surface area contributed by atoms with Crippen LogP contribution >= 0.6 is 0 Å². The van der Waals surface area contributed by atoms with E-state index in [4.69, 9.17) is 4.42 Å². The molecule has 0 spiro atoms. The second-order valence-corrected chi connectivity index (χ2v) is 7.59. The minimum Gasteiger partial charge on any atom is -0.461 e.